The summed E-state index contributed by atoms with van der Waals surface area (Å²) in [5.74, 6) is 0. The van der Waals surface area contributed by atoms with E-state index in [1.165, 1.54) is 6.21 Å². The normalized spacial score (nSPS) is 13.4. The lowest BCUT2D eigenvalue weighted by molar-refractivity contribution is 0.294. The summed E-state index contributed by atoms with van der Waals surface area (Å²) in [6, 6.07) is 19.1. The first-order chi connectivity index (χ1) is 9.84. The number of aliphatic hydroxyl groups excluding tert-OH is 1. The van der Waals surface area contributed by atoms with Crippen LogP contribution in [0, 0.1) is 0 Å². The Balaban J connectivity index is 1.85. The van der Waals surface area contributed by atoms with Crippen molar-refractivity contribution < 1.29 is 5.11 Å². The fourth-order valence-corrected chi connectivity index (χ4v) is 1.53. The number of aliphatic hydroxyl groups is 1. The van der Waals surface area contributed by atoms with Crippen molar-refractivity contribution in [2.75, 3.05) is 0 Å². The van der Waals surface area contributed by atoms with Crippen molar-refractivity contribution >= 4 is 23.8 Å². The number of hydrogen-bond donors (Lipinski definition) is 1. The van der Waals surface area contributed by atoms with E-state index in [0.717, 1.165) is 11.4 Å². The number of allylic oxidation sites excluding steroid dienone is 1. The molecule has 3 nitrogen and oxygen atoms in total. The van der Waals surface area contributed by atoms with Gasteiger partial charge in [0, 0.05) is 12.4 Å². The molecular weight excluding hydrogens is 248 g/mol. The molecular formula is C17H16N2O. The highest BCUT2D eigenvalue weighted by Gasteiger charge is 1.92. The molecule has 2 aromatic carbocycles. The quantitative estimate of drug-likeness (QED) is 0.822. The van der Waals surface area contributed by atoms with Crippen LogP contribution >= 0.6 is 0 Å². The van der Waals surface area contributed by atoms with E-state index in [1.807, 2.05) is 60.7 Å². The van der Waals surface area contributed by atoms with E-state index >= 15 is 0 Å². The van der Waals surface area contributed by atoms with E-state index < -0.39 is 6.10 Å². The van der Waals surface area contributed by atoms with Crippen molar-refractivity contribution in [3.63, 3.8) is 0 Å². The molecule has 0 amide bonds. The first-order valence-corrected chi connectivity index (χ1v) is 6.38. The molecule has 3 heteroatoms. The molecule has 20 heavy (non-hydrogen) atoms. The number of aliphatic imine (C=N–C) groups is 2. The molecule has 0 aliphatic carbocycles. The van der Waals surface area contributed by atoms with Crippen molar-refractivity contribution in [1.82, 2.24) is 0 Å². The SMILES string of the molecule is O[C@@H](C=Nc1ccccc1)/C=C\C=Nc1ccccc1. The molecule has 0 radical (unpaired) electrons. The van der Waals surface area contributed by atoms with Gasteiger partial charge in [0.05, 0.1) is 11.4 Å². The Morgan fingerprint density at radius 2 is 1.35 bits per heavy atom. The fraction of sp³-hybridized carbons (Fsp3) is 0.0588. The first-order valence-electron chi connectivity index (χ1n) is 6.38. The number of para-hydroxylation sites is 2. The minimum Gasteiger partial charge on any atom is -0.383 e. The van der Waals surface area contributed by atoms with Crippen molar-refractivity contribution in [2.24, 2.45) is 9.98 Å². The highest BCUT2D eigenvalue weighted by molar-refractivity contribution is 5.77. The first kappa shape index (κ1) is 13.9. The third-order valence-corrected chi connectivity index (χ3v) is 2.51. The van der Waals surface area contributed by atoms with Crippen LogP contribution in [0.2, 0.25) is 0 Å². The van der Waals surface area contributed by atoms with Crippen molar-refractivity contribution in [3.8, 4) is 0 Å². The maximum atomic E-state index is 9.71. The van der Waals surface area contributed by atoms with Crippen LogP contribution in [0.15, 0.2) is 82.8 Å². The summed E-state index contributed by atoms with van der Waals surface area (Å²) in [5.41, 5.74) is 1.70. The standard InChI is InChI=1S/C17H16N2O/c20-17(14-19-16-10-5-2-6-11-16)12-7-13-18-15-8-3-1-4-9-15/h1-14,17,20H/b12-7-,18-13?,19-14?/t17-/m1/s1. The maximum absolute atomic E-state index is 9.71. The summed E-state index contributed by atoms with van der Waals surface area (Å²) in [7, 11) is 0. The number of benzene rings is 2. The minimum atomic E-state index is -0.725. The number of nitrogens with zero attached hydrogens (tertiary/aromatic N) is 2. The predicted molar refractivity (Wildman–Crippen MR) is 84.3 cm³/mol. The van der Waals surface area contributed by atoms with Gasteiger partial charge in [-0.25, -0.2) is 0 Å². The van der Waals surface area contributed by atoms with Crippen molar-refractivity contribution in [3.05, 3.63) is 72.8 Å². The van der Waals surface area contributed by atoms with Gasteiger partial charge in [-0.3, -0.25) is 9.98 Å². The second-order valence-corrected chi connectivity index (χ2v) is 4.10. The zero-order chi connectivity index (χ0) is 14.0. The van der Waals surface area contributed by atoms with Gasteiger partial charge in [-0.1, -0.05) is 36.4 Å². The second-order valence-electron chi connectivity index (χ2n) is 4.10. The Morgan fingerprint density at radius 1 is 0.800 bits per heavy atom. The molecule has 0 heterocycles. The van der Waals surface area contributed by atoms with Crippen LogP contribution in [0.1, 0.15) is 0 Å². The third kappa shape index (κ3) is 5.00. The predicted octanol–water partition coefficient (Wildman–Crippen LogP) is 3.71. The molecule has 0 unspecified atom stereocenters. The van der Waals surface area contributed by atoms with Crippen LogP contribution in [-0.4, -0.2) is 23.6 Å². The van der Waals surface area contributed by atoms with Gasteiger partial charge in [-0.05, 0) is 36.4 Å². The molecule has 0 aliphatic rings. The average molecular weight is 264 g/mol. The lowest BCUT2D eigenvalue weighted by Crippen LogP contribution is -2.02. The van der Waals surface area contributed by atoms with Crippen LogP contribution in [0.4, 0.5) is 11.4 Å². The molecule has 0 bridgehead atoms. The Labute approximate surface area is 118 Å². The highest BCUT2D eigenvalue weighted by atomic mass is 16.3. The van der Waals surface area contributed by atoms with Gasteiger partial charge in [-0.15, -0.1) is 0 Å². The largest absolute Gasteiger partial charge is 0.383 e. The van der Waals surface area contributed by atoms with Crippen LogP contribution < -0.4 is 0 Å². The van der Waals surface area contributed by atoms with Crippen molar-refractivity contribution in [1.29, 1.82) is 0 Å². The van der Waals surface area contributed by atoms with Gasteiger partial charge < -0.3 is 5.11 Å². The van der Waals surface area contributed by atoms with Gasteiger partial charge in [0.1, 0.15) is 6.10 Å². The lowest BCUT2D eigenvalue weighted by atomic mass is 10.3. The molecule has 1 N–H and O–H groups in total. The maximum Gasteiger partial charge on any atom is 0.108 e. The molecule has 0 aliphatic heterocycles. The van der Waals surface area contributed by atoms with E-state index in [2.05, 4.69) is 9.98 Å². The molecule has 0 saturated heterocycles. The van der Waals surface area contributed by atoms with Crippen LogP contribution in [0.25, 0.3) is 0 Å². The molecule has 0 aromatic heterocycles. The highest BCUT2D eigenvalue weighted by Crippen LogP contribution is 2.09. The Kier molecular flexibility index (Phi) is 5.43. The number of rotatable bonds is 5. The Bertz CT molecular complexity index is 589. The monoisotopic (exact) mass is 264 g/mol. The smallest absolute Gasteiger partial charge is 0.108 e. The van der Waals surface area contributed by atoms with Crippen LogP contribution in [0.3, 0.4) is 0 Å². The van der Waals surface area contributed by atoms with Crippen LogP contribution in [-0.2, 0) is 0 Å². The summed E-state index contributed by atoms with van der Waals surface area (Å²) in [4.78, 5) is 8.40. The van der Waals surface area contributed by atoms with Gasteiger partial charge in [0.2, 0.25) is 0 Å². The molecule has 2 aromatic rings. The molecule has 0 saturated carbocycles. The topological polar surface area (TPSA) is 45.0 Å². The van der Waals surface area contributed by atoms with Crippen LogP contribution in [0.5, 0.6) is 0 Å². The van der Waals surface area contributed by atoms with Crippen molar-refractivity contribution in [2.45, 2.75) is 6.10 Å². The summed E-state index contributed by atoms with van der Waals surface area (Å²) in [6.07, 6.45) is 5.74. The van der Waals surface area contributed by atoms with E-state index in [-0.39, 0.29) is 0 Å². The average Bonchev–Trinajstić information content (AvgIpc) is 2.52. The zero-order valence-corrected chi connectivity index (χ0v) is 11.0. The second kappa shape index (κ2) is 7.81. The van der Waals surface area contributed by atoms with E-state index in [9.17, 15) is 5.11 Å². The Hall–Kier alpha value is -2.52. The zero-order valence-electron chi connectivity index (χ0n) is 11.0. The fourth-order valence-electron chi connectivity index (χ4n) is 1.53. The van der Waals surface area contributed by atoms with Gasteiger partial charge in [0.15, 0.2) is 0 Å². The van der Waals surface area contributed by atoms with E-state index in [4.69, 9.17) is 0 Å². The molecule has 0 fully saturated rings. The van der Waals surface area contributed by atoms with E-state index in [0.29, 0.717) is 0 Å². The van der Waals surface area contributed by atoms with E-state index in [1.54, 1.807) is 18.4 Å². The molecule has 2 rings (SSSR count). The summed E-state index contributed by atoms with van der Waals surface area (Å²) in [6.45, 7) is 0. The summed E-state index contributed by atoms with van der Waals surface area (Å²) >= 11 is 0. The summed E-state index contributed by atoms with van der Waals surface area (Å²) in [5, 5.41) is 9.71. The lowest BCUT2D eigenvalue weighted by Gasteiger charge is -1.96. The molecule has 0 spiro atoms. The number of hydrogen-bond acceptors (Lipinski definition) is 3. The molecule has 100 valence electrons. The van der Waals surface area contributed by atoms with Gasteiger partial charge in [-0.2, -0.15) is 0 Å². The third-order valence-electron chi connectivity index (χ3n) is 2.51. The molecule has 1 atom stereocenters. The Morgan fingerprint density at radius 3 is 1.95 bits per heavy atom. The van der Waals surface area contributed by atoms with Gasteiger partial charge >= 0.3 is 0 Å². The minimum absolute atomic E-state index is 0.725. The van der Waals surface area contributed by atoms with Gasteiger partial charge in [0.25, 0.3) is 0 Å². The summed E-state index contributed by atoms with van der Waals surface area (Å²) < 4.78 is 0.